The van der Waals surface area contributed by atoms with Crippen LogP contribution in [-0.2, 0) is 22.6 Å². The fourth-order valence-electron chi connectivity index (χ4n) is 4.37. The number of nitrogens with zero attached hydrogens (tertiary/aromatic N) is 4. The lowest BCUT2D eigenvalue weighted by atomic mass is 9.90. The molecule has 0 saturated carbocycles. The Morgan fingerprint density at radius 2 is 1.97 bits per heavy atom. The highest BCUT2D eigenvalue weighted by atomic mass is 16.2. The van der Waals surface area contributed by atoms with Gasteiger partial charge in [0.1, 0.15) is 0 Å². The lowest BCUT2D eigenvalue weighted by molar-refractivity contribution is -0.143. The normalized spacial score (nSPS) is 20.1. The molecule has 4 heterocycles. The molecule has 2 amide bonds. The average molecular weight is 399 g/mol. The third-order valence-electron chi connectivity index (χ3n) is 5.99. The highest BCUT2D eigenvalue weighted by Gasteiger charge is 2.35. The predicted molar refractivity (Wildman–Crippen MR) is 108 cm³/mol. The first-order valence-corrected chi connectivity index (χ1v) is 10.4. The van der Waals surface area contributed by atoms with E-state index in [4.69, 9.17) is 4.98 Å². The molecule has 0 radical (unpaired) electrons. The van der Waals surface area contributed by atoms with Gasteiger partial charge in [0.25, 0.3) is 5.56 Å². The van der Waals surface area contributed by atoms with E-state index in [1.807, 2.05) is 31.7 Å². The summed E-state index contributed by atoms with van der Waals surface area (Å²) < 4.78 is 1.46. The lowest BCUT2D eigenvalue weighted by Gasteiger charge is -2.38. The van der Waals surface area contributed by atoms with E-state index < -0.39 is 5.41 Å². The summed E-state index contributed by atoms with van der Waals surface area (Å²) in [5.41, 5.74) is 2.15. The summed E-state index contributed by atoms with van der Waals surface area (Å²) >= 11 is 0. The molecule has 2 aromatic heterocycles. The van der Waals surface area contributed by atoms with Crippen LogP contribution in [0.3, 0.4) is 0 Å². The van der Waals surface area contributed by atoms with E-state index in [0.29, 0.717) is 30.7 Å². The van der Waals surface area contributed by atoms with Crippen molar-refractivity contribution in [1.82, 2.24) is 24.4 Å². The topological polar surface area (TPSA) is 90.8 Å². The number of piperidine rings is 1. The van der Waals surface area contributed by atoms with Gasteiger partial charge in [-0.25, -0.2) is 9.50 Å². The number of carbonyl (C=O) groups excluding carboxylic acids is 2. The number of fused-ring (bicyclic) bond motifs is 2. The first-order chi connectivity index (χ1) is 13.7. The van der Waals surface area contributed by atoms with Gasteiger partial charge in [0.15, 0.2) is 5.65 Å². The number of nitrogens with one attached hydrogen (secondary N) is 1. The first kappa shape index (κ1) is 19.7. The number of aromatic amines is 1. The minimum absolute atomic E-state index is 0.0362. The van der Waals surface area contributed by atoms with E-state index in [1.54, 1.807) is 4.90 Å². The number of carbonyl (C=O) groups is 2. The molecule has 1 fully saturated rings. The van der Waals surface area contributed by atoms with Gasteiger partial charge < -0.3 is 9.80 Å². The van der Waals surface area contributed by atoms with E-state index >= 15 is 0 Å². The molecule has 29 heavy (non-hydrogen) atoms. The fraction of sp³-hybridized carbons (Fsp3) is 0.619. The third kappa shape index (κ3) is 3.45. The van der Waals surface area contributed by atoms with Gasteiger partial charge in [0.2, 0.25) is 11.8 Å². The van der Waals surface area contributed by atoms with Gasteiger partial charge in [-0.15, -0.1) is 0 Å². The number of hydrogen-bond donors (Lipinski definition) is 1. The van der Waals surface area contributed by atoms with Crippen molar-refractivity contribution in [2.75, 3.05) is 13.1 Å². The molecular weight excluding hydrogens is 370 g/mol. The second kappa shape index (κ2) is 7.00. The van der Waals surface area contributed by atoms with E-state index in [0.717, 1.165) is 37.2 Å². The van der Waals surface area contributed by atoms with Gasteiger partial charge in [-0.3, -0.25) is 19.5 Å². The van der Waals surface area contributed by atoms with Crippen LogP contribution in [0, 0.1) is 5.41 Å². The summed E-state index contributed by atoms with van der Waals surface area (Å²) in [7, 11) is 0. The molecule has 1 atom stereocenters. The number of hydrogen-bond acceptors (Lipinski definition) is 4. The van der Waals surface area contributed by atoms with Crippen molar-refractivity contribution in [3.63, 3.8) is 0 Å². The Balaban J connectivity index is 1.74. The quantitative estimate of drug-likeness (QED) is 0.794. The smallest absolute Gasteiger partial charge is 0.277 e. The maximum atomic E-state index is 13.1. The third-order valence-corrected chi connectivity index (χ3v) is 5.99. The molecule has 0 aromatic carbocycles. The molecule has 156 valence electrons. The fourth-order valence-corrected chi connectivity index (χ4v) is 4.37. The van der Waals surface area contributed by atoms with Crippen LogP contribution in [0.4, 0.5) is 0 Å². The molecule has 1 N–H and O–H groups in total. The summed E-state index contributed by atoms with van der Waals surface area (Å²) in [4.78, 5) is 46.1. The van der Waals surface area contributed by atoms with Crippen LogP contribution in [0.2, 0.25) is 0 Å². The second-order valence-electron chi connectivity index (χ2n) is 9.20. The van der Waals surface area contributed by atoms with Crippen LogP contribution < -0.4 is 5.56 Å². The number of aromatic nitrogens is 3. The van der Waals surface area contributed by atoms with Crippen molar-refractivity contribution in [3.05, 3.63) is 33.4 Å². The zero-order chi connectivity index (χ0) is 20.9. The first-order valence-electron chi connectivity index (χ1n) is 10.4. The highest BCUT2D eigenvalue weighted by Crippen LogP contribution is 2.34. The molecule has 0 bridgehead atoms. The van der Waals surface area contributed by atoms with Crippen molar-refractivity contribution in [3.8, 4) is 0 Å². The Morgan fingerprint density at radius 1 is 1.21 bits per heavy atom. The van der Waals surface area contributed by atoms with Crippen LogP contribution in [0.5, 0.6) is 0 Å². The van der Waals surface area contributed by atoms with Gasteiger partial charge in [0.05, 0.1) is 29.5 Å². The Morgan fingerprint density at radius 3 is 2.66 bits per heavy atom. The molecule has 0 spiro atoms. The Kier molecular flexibility index (Phi) is 4.75. The minimum atomic E-state index is -0.452. The Labute approximate surface area is 169 Å². The summed E-state index contributed by atoms with van der Waals surface area (Å²) in [6.45, 7) is 8.94. The molecule has 1 unspecified atom stereocenters. The van der Waals surface area contributed by atoms with Gasteiger partial charge in [-0.05, 0) is 19.3 Å². The lowest BCUT2D eigenvalue weighted by Crippen LogP contribution is -2.44. The molecule has 8 nitrogen and oxygen atoms in total. The van der Waals surface area contributed by atoms with Gasteiger partial charge in [0, 0.05) is 37.9 Å². The molecule has 1 saturated heterocycles. The zero-order valence-electron chi connectivity index (χ0n) is 17.6. The van der Waals surface area contributed by atoms with Crippen LogP contribution in [0.15, 0.2) is 10.9 Å². The van der Waals surface area contributed by atoms with Crippen LogP contribution in [0.1, 0.15) is 70.0 Å². The van der Waals surface area contributed by atoms with Gasteiger partial charge in [-0.1, -0.05) is 20.8 Å². The average Bonchev–Trinajstić information content (AvgIpc) is 3.10. The number of amides is 2. The second-order valence-corrected chi connectivity index (χ2v) is 9.20. The maximum absolute atomic E-state index is 13.1. The summed E-state index contributed by atoms with van der Waals surface area (Å²) in [6.07, 6.45) is 3.48. The molecule has 2 aliphatic heterocycles. The number of H-pyrrole nitrogens is 1. The zero-order valence-corrected chi connectivity index (χ0v) is 17.6. The molecule has 0 aliphatic carbocycles. The van der Waals surface area contributed by atoms with Crippen molar-refractivity contribution >= 4 is 17.5 Å². The van der Waals surface area contributed by atoms with Crippen LogP contribution >= 0.6 is 0 Å². The van der Waals surface area contributed by atoms with Crippen molar-refractivity contribution in [1.29, 1.82) is 0 Å². The van der Waals surface area contributed by atoms with E-state index in [-0.39, 0.29) is 23.4 Å². The Hall–Kier alpha value is -2.64. The van der Waals surface area contributed by atoms with E-state index in [2.05, 4.69) is 5.10 Å². The summed E-state index contributed by atoms with van der Waals surface area (Å²) in [5.74, 6) is 0.0865. The van der Waals surface area contributed by atoms with Crippen molar-refractivity contribution in [2.45, 2.75) is 66.0 Å². The molecule has 8 heteroatoms. The Bertz CT molecular complexity index is 1030. The van der Waals surface area contributed by atoms with Gasteiger partial charge in [-0.2, -0.15) is 0 Å². The van der Waals surface area contributed by atoms with E-state index in [9.17, 15) is 14.4 Å². The van der Waals surface area contributed by atoms with Crippen LogP contribution in [-0.4, -0.2) is 49.3 Å². The molecular formula is C21H29N5O3. The molecule has 2 aromatic rings. The monoisotopic (exact) mass is 399 g/mol. The maximum Gasteiger partial charge on any atom is 0.277 e. The standard InChI is InChI=1S/C21H29N5O3/c1-13(27)24-10-8-15-14(12-24)19(28)26-18(22-15)11-16(23-26)17-7-5-6-9-25(17)20(29)21(2,3)4/h11,17,23H,5-10,12H2,1-4H3. The highest BCUT2D eigenvalue weighted by molar-refractivity contribution is 5.82. The molecule has 4 rings (SSSR count). The van der Waals surface area contributed by atoms with Crippen LogP contribution in [0.25, 0.3) is 5.65 Å². The van der Waals surface area contributed by atoms with Crippen molar-refractivity contribution < 1.29 is 9.59 Å². The summed E-state index contributed by atoms with van der Waals surface area (Å²) in [6, 6.07) is 1.82. The molecule has 2 aliphatic rings. The largest absolute Gasteiger partial charge is 0.338 e. The van der Waals surface area contributed by atoms with Gasteiger partial charge >= 0.3 is 0 Å². The SMILES string of the molecule is CC(=O)N1CCc2nc3cc(C4CCCCN4C(=O)C(C)(C)C)[nH]n3c(=O)c2C1. The van der Waals surface area contributed by atoms with E-state index in [1.165, 1.54) is 11.4 Å². The minimum Gasteiger partial charge on any atom is -0.338 e. The predicted octanol–water partition coefficient (Wildman–Crippen LogP) is 2.03. The number of rotatable bonds is 1. The summed E-state index contributed by atoms with van der Waals surface area (Å²) in [5, 5.41) is 3.21. The number of likely N-dealkylation sites (tertiary alicyclic amines) is 1. The van der Waals surface area contributed by atoms with Crippen molar-refractivity contribution in [2.24, 2.45) is 5.41 Å².